The Balaban J connectivity index is 1.32. The van der Waals surface area contributed by atoms with E-state index in [4.69, 9.17) is 37.6 Å². The molecule has 1 aromatic heterocycles. The minimum atomic E-state index is -3.02. The average Bonchev–Trinajstić information content (AvgIpc) is 3.74. The molecule has 16 nitrogen and oxygen atoms in total. The van der Waals surface area contributed by atoms with Gasteiger partial charge in [0.15, 0.2) is 18.0 Å². The van der Waals surface area contributed by atoms with Crippen molar-refractivity contribution in [3.05, 3.63) is 107 Å². The van der Waals surface area contributed by atoms with Crippen molar-refractivity contribution in [3.8, 4) is 5.75 Å². The normalized spacial score (nSPS) is 31.0. The van der Waals surface area contributed by atoms with Gasteiger partial charge in [0.2, 0.25) is 8.32 Å². The molecule has 74 heavy (non-hydrogen) atoms. The molecule has 4 fully saturated rings. The fourth-order valence-electron chi connectivity index (χ4n) is 13.8. The van der Waals surface area contributed by atoms with Gasteiger partial charge in [0.05, 0.1) is 29.9 Å². The van der Waals surface area contributed by atoms with Crippen LogP contribution in [0, 0.1) is 16.7 Å². The molecule has 3 heterocycles. The molecule has 2 aliphatic heterocycles. The molecular weight excluding hydrogens is 963 g/mol. The smallest absolute Gasteiger partial charge is 0.413 e. The Kier molecular flexibility index (Phi) is 15.8. The fourth-order valence-corrected chi connectivity index (χ4v) is 19.3. The number of amides is 1. The van der Waals surface area contributed by atoms with E-state index in [0.717, 1.165) is 0 Å². The number of aliphatic hydroxyl groups is 1. The number of aromatic nitrogens is 1. The monoisotopic (exact) mass is 1040 g/mol. The summed E-state index contributed by atoms with van der Waals surface area (Å²) in [6, 6.07) is 21.1. The lowest BCUT2D eigenvalue weighted by atomic mass is 9.45. The zero-order valence-corrected chi connectivity index (χ0v) is 46.3. The number of esters is 3. The largest absolute Gasteiger partial charge is 0.456 e. The first kappa shape index (κ1) is 55.2. The van der Waals surface area contributed by atoms with Crippen molar-refractivity contribution < 1.29 is 61.9 Å². The number of hydrogen-bond acceptors (Lipinski definition) is 15. The molecule has 5 aliphatic rings. The molecule has 1 unspecified atom stereocenters. The summed E-state index contributed by atoms with van der Waals surface area (Å²) in [6.07, 6.45) is -5.57. The Morgan fingerprint density at radius 1 is 0.878 bits per heavy atom. The molecule has 2 N–H and O–H groups in total. The molecule has 402 valence electrons. The highest BCUT2D eigenvalue weighted by Gasteiger charge is 2.77. The molecule has 0 spiro atoms. The van der Waals surface area contributed by atoms with E-state index in [2.05, 4.69) is 58.8 Å². The van der Waals surface area contributed by atoms with Gasteiger partial charge in [0.1, 0.15) is 41.8 Å². The molecule has 17 heteroatoms. The Morgan fingerprint density at radius 3 is 2.08 bits per heavy atom. The summed E-state index contributed by atoms with van der Waals surface area (Å²) in [5.74, 6) is -2.73. The van der Waals surface area contributed by atoms with Gasteiger partial charge in [0.25, 0.3) is 0 Å². The first-order valence-corrected chi connectivity index (χ1v) is 28.3. The molecule has 2 bridgehead atoms. The zero-order chi connectivity index (χ0) is 53.7. The molecule has 3 aromatic rings. The van der Waals surface area contributed by atoms with Gasteiger partial charge < -0.3 is 52.9 Å². The van der Waals surface area contributed by atoms with Crippen molar-refractivity contribution in [3.63, 3.8) is 0 Å². The van der Waals surface area contributed by atoms with Crippen molar-refractivity contribution in [2.24, 2.45) is 16.7 Å². The molecule has 0 radical (unpaired) electrons. The molecular formula is C57H77N3O13Si. The predicted octanol–water partition coefficient (Wildman–Crippen LogP) is 8.89. The number of carbonyl (C=O) groups excluding carboxylic acids is 4. The maximum atomic E-state index is 15.9. The van der Waals surface area contributed by atoms with E-state index in [1.807, 2.05) is 39.8 Å². The van der Waals surface area contributed by atoms with Crippen LogP contribution in [-0.2, 0) is 42.4 Å². The highest BCUT2D eigenvalue weighted by Crippen LogP contribution is 2.67. The van der Waals surface area contributed by atoms with Gasteiger partial charge >= 0.3 is 24.0 Å². The summed E-state index contributed by atoms with van der Waals surface area (Å²) in [6.45, 7) is 22.0. The quantitative estimate of drug-likeness (QED) is 0.0598. The van der Waals surface area contributed by atoms with Gasteiger partial charge in [-0.3, -0.25) is 9.78 Å². The molecule has 1 amide bonds. The van der Waals surface area contributed by atoms with Crippen LogP contribution >= 0.6 is 0 Å². The van der Waals surface area contributed by atoms with Crippen molar-refractivity contribution in [2.45, 2.75) is 172 Å². The third-order valence-electron chi connectivity index (χ3n) is 17.1. The van der Waals surface area contributed by atoms with Gasteiger partial charge in [-0.2, -0.15) is 0 Å². The number of pyridine rings is 1. The van der Waals surface area contributed by atoms with Gasteiger partial charge in [0, 0.05) is 36.9 Å². The minimum Gasteiger partial charge on any atom is -0.456 e. The van der Waals surface area contributed by atoms with E-state index in [0.29, 0.717) is 36.2 Å². The topological polar surface area (TPSA) is 191 Å². The van der Waals surface area contributed by atoms with E-state index < -0.39 is 109 Å². The second kappa shape index (κ2) is 21.2. The Hall–Kier alpha value is -5.01. The molecule has 2 saturated carbocycles. The lowest BCUT2D eigenvalue weighted by Gasteiger charge is -2.68. The van der Waals surface area contributed by atoms with Crippen LogP contribution in [0.3, 0.4) is 0 Å². The number of fused-ring (bicyclic) bond motifs is 8. The number of ether oxygens (including phenoxy) is 7. The van der Waals surface area contributed by atoms with E-state index >= 15 is 4.79 Å². The SMILES string of the molecule is CC(=O)O[C@@]12CO[C@@H]1CC[C@]1(C)C2[C@H](OC(=O)c2ccccc2)[C@]2(O)C[C@H](OC(=O)[C@H](O[Si](C(C)C)(C(C)C)C(C)C)[C@H](NC(=O)Oc3ccccc3)c3ccccn3)C(C)=C([C@H]3O[C@@H](CN(C)C)O[C@H]31)C2(C)C. The number of carbonyl (C=O) groups is 4. The van der Waals surface area contributed by atoms with Crippen LogP contribution in [0.2, 0.25) is 16.6 Å². The first-order valence-electron chi connectivity index (χ1n) is 26.2. The van der Waals surface area contributed by atoms with E-state index in [-0.39, 0.29) is 41.0 Å². The van der Waals surface area contributed by atoms with E-state index in [9.17, 15) is 19.5 Å². The Bertz CT molecular complexity index is 2520. The molecule has 2 saturated heterocycles. The first-order chi connectivity index (χ1) is 34.9. The van der Waals surface area contributed by atoms with Gasteiger partial charge in [-0.15, -0.1) is 0 Å². The third-order valence-corrected chi connectivity index (χ3v) is 23.2. The van der Waals surface area contributed by atoms with Crippen LogP contribution in [0.5, 0.6) is 5.75 Å². The number of likely N-dealkylation sites (N-methyl/N-ethyl adjacent to an activating group) is 1. The van der Waals surface area contributed by atoms with Gasteiger partial charge in [-0.25, -0.2) is 14.4 Å². The summed E-state index contributed by atoms with van der Waals surface area (Å²) in [4.78, 5) is 64.8. The van der Waals surface area contributed by atoms with Crippen LogP contribution < -0.4 is 10.1 Å². The second-order valence-corrected chi connectivity index (χ2v) is 28.5. The Labute approximate surface area is 437 Å². The molecule has 2 aromatic carbocycles. The molecule has 12 atom stereocenters. The molecule has 3 aliphatic carbocycles. The number of para-hydroxylation sites is 1. The van der Waals surface area contributed by atoms with Gasteiger partial charge in [-0.1, -0.05) is 105 Å². The summed E-state index contributed by atoms with van der Waals surface area (Å²) in [7, 11) is 0.827. The van der Waals surface area contributed by atoms with E-state index in [1.54, 1.807) is 85.1 Å². The fraction of sp³-hybridized carbons (Fsp3) is 0.596. The highest BCUT2D eigenvalue weighted by molar-refractivity contribution is 6.77. The van der Waals surface area contributed by atoms with Crippen molar-refractivity contribution >= 4 is 32.3 Å². The number of hydrogen-bond donors (Lipinski definition) is 2. The summed E-state index contributed by atoms with van der Waals surface area (Å²) in [5, 5.41) is 17.3. The maximum absolute atomic E-state index is 15.9. The standard InChI is InChI=1S/C57H77N3O13Si/c1-33(2)74(34(3)4,35(5)6)73-47(45(40-26-20-21-29-58-40)59-53(64)67-39-24-18-15-19-25-39)52(63)68-41-30-57(65)50(71-51(62)38-22-16-14-17-23-38)48-55(11,28-27-42-56(48,32-66-42)72-37(8)61)49-46(44(36(41)7)54(57,9)10)69-43(70-49)31-60(12)13/h14-26,29,33-35,41-43,45-50,65H,27-28,30-32H2,1-13H3,(H,59,64)/t41-,42+,43+,45+,46+,47+,48?,49+,50-,55+,56-,57+/m0/s1. The highest BCUT2D eigenvalue weighted by atomic mass is 28.4. The third kappa shape index (κ3) is 9.75. The maximum Gasteiger partial charge on any atom is 0.413 e. The lowest BCUT2D eigenvalue weighted by Crippen LogP contribution is -2.79. The van der Waals surface area contributed by atoms with Crippen molar-refractivity contribution in [2.75, 3.05) is 27.2 Å². The second-order valence-electron chi connectivity index (χ2n) is 23.1. The van der Waals surface area contributed by atoms with Crippen LogP contribution in [0.15, 0.2) is 96.2 Å². The lowest BCUT2D eigenvalue weighted by molar-refractivity contribution is -0.345. The minimum absolute atomic E-state index is 0.00890. The number of nitrogens with zero attached hydrogens (tertiary/aromatic N) is 2. The van der Waals surface area contributed by atoms with Crippen LogP contribution in [0.4, 0.5) is 4.79 Å². The van der Waals surface area contributed by atoms with Gasteiger partial charge in [-0.05, 0) is 98.0 Å². The summed E-state index contributed by atoms with van der Waals surface area (Å²) < 4.78 is 53.8. The zero-order valence-electron chi connectivity index (χ0n) is 45.3. The summed E-state index contributed by atoms with van der Waals surface area (Å²) >= 11 is 0. The van der Waals surface area contributed by atoms with Crippen LogP contribution in [-0.4, -0.2) is 129 Å². The number of rotatable bonds is 16. The predicted molar refractivity (Wildman–Crippen MR) is 277 cm³/mol. The Morgan fingerprint density at radius 2 is 1.51 bits per heavy atom. The van der Waals surface area contributed by atoms with Crippen molar-refractivity contribution in [1.29, 1.82) is 0 Å². The number of nitrogens with one attached hydrogen (secondary N) is 1. The van der Waals surface area contributed by atoms with Crippen LogP contribution in [0.25, 0.3) is 0 Å². The van der Waals surface area contributed by atoms with E-state index in [1.165, 1.54) is 6.92 Å². The molecule has 8 rings (SSSR count). The van der Waals surface area contributed by atoms with Crippen molar-refractivity contribution in [1.82, 2.24) is 15.2 Å². The average molecular weight is 1040 g/mol. The summed E-state index contributed by atoms with van der Waals surface area (Å²) in [5.41, 5.74) is -3.91. The number of benzene rings is 2. The van der Waals surface area contributed by atoms with Crippen LogP contribution in [0.1, 0.15) is 118 Å².